The lowest BCUT2D eigenvalue weighted by Crippen LogP contribution is -2.05. The third kappa shape index (κ3) is 5.08. The quantitative estimate of drug-likeness (QED) is 0.205. The second-order valence-electron chi connectivity index (χ2n) is 11.1. The molecule has 0 saturated carbocycles. The van der Waals surface area contributed by atoms with Crippen LogP contribution in [0.25, 0.3) is 39.1 Å². The molecule has 0 radical (unpaired) electrons. The van der Waals surface area contributed by atoms with Crippen LogP contribution in [-0.2, 0) is 25.8 Å². The molecule has 0 unspecified atom stereocenters. The number of H-pyrrole nitrogens is 1. The number of aryl methyl sites for hydroxylation is 4. The Labute approximate surface area is 241 Å². The number of nitrogens with one attached hydrogen (secondary N) is 1. The zero-order valence-electron chi connectivity index (χ0n) is 24.5. The lowest BCUT2D eigenvalue weighted by atomic mass is 9.97. The third-order valence-electron chi connectivity index (χ3n) is 8.09. The van der Waals surface area contributed by atoms with E-state index in [1.54, 1.807) is 0 Å². The van der Waals surface area contributed by atoms with Crippen molar-refractivity contribution in [2.75, 3.05) is 0 Å². The first-order chi connectivity index (χ1) is 20.0. The van der Waals surface area contributed by atoms with Crippen LogP contribution in [0.3, 0.4) is 0 Å². The van der Waals surface area contributed by atoms with E-state index < -0.39 is 0 Å². The molecule has 7 heteroatoms. The lowest BCUT2D eigenvalue weighted by Gasteiger charge is -2.13. The number of aromatic amines is 1. The number of rotatable bonds is 9. The molecule has 3 heterocycles. The SMILES string of the molecule is CCc1cc(-c2nnn(-c3cc(C(C)C)ccc3C)c2CC)ccc1-c1cn(CCc2c[nH]c3ccccc23)nn1. The van der Waals surface area contributed by atoms with Crippen molar-refractivity contribution < 1.29 is 0 Å². The van der Waals surface area contributed by atoms with Gasteiger partial charge >= 0.3 is 0 Å². The van der Waals surface area contributed by atoms with E-state index in [4.69, 9.17) is 0 Å². The number of aromatic nitrogens is 7. The second kappa shape index (κ2) is 11.2. The van der Waals surface area contributed by atoms with Crippen molar-refractivity contribution in [3.63, 3.8) is 0 Å². The van der Waals surface area contributed by atoms with Crippen LogP contribution >= 0.6 is 0 Å². The maximum atomic E-state index is 4.68. The van der Waals surface area contributed by atoms with E-state index in [2.05, 4.69) is 133 Å². The van der Waals surface area contributed by atoms with Crippen LogP contribution in [-0.4, -0.2) is 35.0 Å². The summed E-state index contributed by atoms with van der Waals surface area (Å²) in [5, 5.41) is 19.6. The average Bonchev–Trinajstić information content (AvgIpc) is 3.74. The van der Waals surface area contributed by atoms with Crippen LogP contribution in [0.5, 0.6) is 0 Å². The summed E-state index contributed by atoms with van der Waals surface area (Å²) < 4.78 is 3.97. The standard InChI is InChI=1S/C34H37N7/c1-6-24-18-26(34-32(7-2)41(39-37-34)33-19-25(22(3)4)13-12-23(33)5)14-15-29(24)31-21-40(38-36-31)17-16-27-20-35-30-11-9-8-10-28(27)30/h8-15,18-22,35H,6-7,16-17H2,1-5H3. The third-order valence-corrected chi connectivity index (χ3v) is 8.09. The Bertz CT molecular complexity index is 1820. The highest BCUT2D eigenvalue weighted by Crippen LogP contribution is 2.31. The first kappa shape index (κ1) is 26.7. The number of fused-ring (bicyclic) bond motifs is 1. The Hall–Kier alpha value is -4.52. The summed E-state index contributed by atoms with van der Waals surface area (Å²) in [6.07, 6.45) is 6.76. The molecule has 0 aliphatic heterocycles. The van der Waals surface area contributed by atoms with Gasteiger partial charge in [0.15, 0.2) is 0 Å². The van der Waals surface area contributed by atoms with Crippen LogP contribution < -0.4 is 0 Å². The van der Waals surface area contributed by atoms with Gasteiger partial charge in [0.05, 0.1) is 17.6 Å². The second-order valence-corrected chi connectivity index (χ2v) is 11.1. The molecule has 0 atom stereocenters. The minimum Gasteiger partial charge on any atom is -0.361 e. The Balaban J connectivity index is 1.27. The zero-order chi connectivity index (χ0) is 28.5. The van der Waals surface area contributed by atoms with Gasteiger partial charge in [-0.3, -0.25) is 4.68 Å². The van der Waals surface area contributed by atoms with Crippen molar-refractivity contribution in [1.29, 1.82) is 0 Å². The molecular weight excluding hydrogens is 506 g/mol. The smallest absolute Gasteiger partial charge is 0.116 e. The molecule has 6 aromatic rings. The molecule has 3 aromatic carbocycles. The number of hydrogen-bond donors (Lipinski definition) is 1. The Morgan fingerprint density at radius 2 is 1.73 bits per heavy atom. The Morgan fingerprint density at radius 3 is 2.54 bits per heavy atom. The summed E-state index contributed by atoms with van der Waals surface area (Å²) in [6, 6.07) is 21.6. The molecule has 0 saturated heterocycles. The highest BCUT2D eigenvalue weighted by Gasteiger charge is 2.18. The van der Waals surface area contributed by atoms with Crippen LogP contribution in [0.4, 0.5) is 0 Å². The van der Waals surface area contributed by atoms with Gasteiger partial charge < -0.3 is 4.98 Å². The molecule has 7 nitrogen and oxygen atoms in total. The van der Waals surface area contributed by atoms with Gasteiger partial charge in [-0.1, -0.05) is 80.6 Å². The molecule has 0 fully saturated rings. The van der Waals surface area contributed by atoms with Crippen LogP contribution in [0, 0.1) is 6.92 Å². The molecule has 3 aromatic heterocycles. The monoisotopic (exact) mass is 543 g/mol. The molecule has 0 aliphatic rings. The molecule has 208 valence electrons. The number of nitrogens with zero attached hydrogens (tertiary/aromatic N) is 6. The lowest BCUT2D eigenvalue weighted by molar-refractivity contribution is 0.590. The fourth-order valence-corrected chi connectivity index (χ4v) is 5.64. The van der Waals surface area contributed by atoms with Gasteiger partial charge in [0.1, 0.15) is 11.4 Å². The van der Waals surface area contributed by atoms with E-state index in [1.807, 2.05) is 9.36 Å². The Morgan fingerprint density at radius 1 is 0.878 bits per heavy atom. The largest absolute Gasteiger partial charge is 0.361 e. The van der Waals surface area contributed by atoms with Crippen LogP contribution in [0.1, 0.15) is 61.6 Å². The molecule has 41 heavy (non-hydrogen) atoms. The Kier molecular flexibility index (Phi) is 7.26. The molecule has 0 bridgehead atoms. The zero-order valence-corrected chi connectivity index (χ0v) is 24.5. The van der Waals surface area contributed by atoms with Gasteiger partial charge in [0.25, 0.3) is 0 Å². The number of para-hydroxylation sites is 1. The molecule has 0 aliphatic carbocycles. The van der Waals surface area contributed by atoms with E-state index in [1.165, 1.54) is 33.2 Å². The van der Waals surface area contributed by atoms with Gasteiger partial charge in [-0.15, -0.1) is 10.2 Å². The maximum absolute atomic E-state index is 4.68. The predicted octanol–water partition coefficient (Wildman–Crippen LogP) is 7.47. The molecule has 0 spiro atoms. The summed E-state index contributed by atoms with van der Waals surface area (Å²) in [4.78, 5) is 3.36. The summed E-state index contributed by atoms with van der Waals surface area (Å²) in [6.45, 7) is 11.7. The van der Waals surface area contributed by atoms with E-state index >= 15 is 0 Å². The van der Waals surface area contributed by atoms with Crippen molar-refractivity contribution in [2.45, 2.75) is 66.3 Å². The van der Waals surface area contributed by atoms with E-state index in [0.717, 1.165) is 59.7 Å². The van der Waals surface area contributed by atoms with Gasteiger partial charge in [0, 0.05) is 34.8 Å². The van der Waals surface area contributed by atoms with E-state index in [-0.39, 0.29) is 0 Å². The minimum atomic E-state index is 0.452. The summed E-state index contributed by atoms with van der Waals surface area (Å²) >= 11 is 0. The predicted molar refractivity (Wildman–Crippen MR) is 165 cm³/mol. The summed E-state index contributed by atoms with van der Waals surface area (Å²) in [5.41, 5.74) is 12.4. The highest BCUT2D eigenvalue weighted by atomic mass is 15.4. The first-order valence-electron chi connectivity index (χ1n) is 14.6. The first-order valence-corrected chi connectivity index (χ1v) is 14.6. The van der Waals surface area contributed by atoms with Gasteiger partial charge in [-0.25, -0.2) is 4.68 Å². The van der Waals surface area contributed by atoms with Crippen LogP contribution in [0.2, 0.25) is 0 Å². The molecule has 6 rings (SSSR count). The fourth-order valence-electron chi connectivity index (χ4n) is 5.64. The van der Waals surface area contributed by atoms with Crippen LogP contribution in [0.15, 0.2) is 73.1 Å². The number of hydrogen-bond acceptors (Lipinski definition) is 4. The van der Waals surface area contributed by atoms with Crippen molar-refractivity contribution >= 4 is 10.9 Å². The minimum absolute atomic E-state index is 0.452. The van der Waals surface area contributed by atoms with Crippen molar-refractivity contribution in [3.8, 4) is 28.2 Å². The molecule has 1 N–H and O–H groups in total. The maximum Gasteiger partial charge on any atom is 0.116 e. The fraction of sp³-hybridized carbons (Fsp3) is 0.294. The van der Waals surface area contributed by atoms with Gasteiger partial charge in [-0.05, 0) is 72.6 Å². The van der Waals surface area contributed by atoms with Gasteiger partial charge in [0.2, 0.25) is 0 Å². The van der Waals surface area contributed by atoms with E-state index in [0.29, 0.717) is 5.92 Å². The number of benzene rings is 3. The summed E-state index contributed by atoms with van der Waals surface area (Å²) in [7, 11) is 0. The van der Waals surface area contributed by atoms with Crippen molar-refractivity contribution in [2.24, 2.45) is 0 Å². The normalized spacial score (nSPS) is 11.7. The molecule has 0 amide bonds. The average molecular weight is 544 g/mol. The highest BCUT2D eigenvalue weighted by molar-refractivity contribution is 5.83. The van der Waals surface area contributed by atoms with Crippen molar-refractivity contribution in [1.82, 2.24) is 35.0 Å². The topological polar surface area (TPSA) is 77.2 Å². The summed E-state index contributed by atoms with van der Waals surface area (Å²) in [5.74, 6) is 0.452. The molecular formula is C34H37N7. The van der Waals surface area contributed by atoms with Crippen molar-refractivity contribution in [3.05, 3.63) is 101 Å². The van der Waals surface area contributed by atoms with E-state index in [9.17, 15) is 0 Å². The van der Waals surface area contributed by atoms with Gasteiger partial charge in [-0.2, -0.15) is 0 Å².